The van der Waals surface area contributed by atoms with Gasteiger partial charge in [0.1, 0.15) is 0 Å². The Balaban J connectivity index is 2.72. The number of nitrogens with two attached hydrogens (primary N) is 1. The van der Waals surface area contributed by atoms with Gasteiger partial charge in [-0.1, -0.05) is 12.8 Å². The summed E-state index contributed by atoms with van der Waals surface area (Å²) in [6, 6.07) is 0.0174. The van der Waals surface area contributed by atoms with E-state index in [1.54, 1.807) is 14.0 Å². The average molecular weight is 220 g/mol. The van der Waals surface area contributed by atoms with Crippen LogP contribution in [0.5, 0.6) is 0 Å². The molecule has 2 unspecified atom stereocenters. The molecule has 1 rings (SSSR count). The molecule has 1 saturated carbocycles. The van der Waals surface area contributed by atoms with Gasteiger partial charge in [0.25, 0.3) is 0 Å². The molecule has 0 heterocycles. The molecule has 0 bridgehead atoms. The Morgan fingerprint density at radius 3 is 2.43 bits per heavy atom. The van der Waals surface area contributed by atoms with Crippen molar-refractivity contribution in [2.75, 3.05) is 12.8 Å². The summed E-state index contributed by atoms with van der Waals surface area (Å²) < 4.78 is 24.7. The highest BCUT2D eigenvalue weighted by atomic mass is 32.2. The predicted molar refractivity (Wildman–Crippen MR) is 57.5 cm³/mol. The fourth-order valence-electron chi connectivity index (χ4n) is 2.00. The van der Waals surface area contributed by atoms with Crippen molar-refractivity contribution in [1.29, 1.82) is 0 Å². The lowest BCUT2D eigenvalue weighted by Crippen LogP contribution is -2.50. The Morgan fingerprint density at radius 2 is 1.93 bits per heavy atom. The highest BCUT2D eigenvalue weighted by molar-refractivity contribution is 7.89. The Morgan fingerprint density at radius 1 is 1.36 bits per heavy atom. The number of nitrogens with zero attached hydrogens (tertiary/aromatic N) is 1. The van der Waals surface area contributed by atoms with Gasteiger partial charge in [0.05, 0.1) is 5.75 Å². The van der Waals surface area contributed by atoms with E-state index >= 15 is 0 Å². The van der Waals surface area contributed by atoms with Crippen molar-refractivity contribution in [1.82, 2.24) is 4.31 Å². The maximum absolute atomic E-state index is 11.6. The van der Waals surface area contributed by atoms with E-state index in [0.717, 1.165) is 25.7 Å². The Hall–Kier alpha value is -0.130. The molecule has 0 saturated heterocycles. The van der Waals surface area contributed by atoms with Crippen LogP contribution in [-0.4, -0.2) is 37.6 Å². The van der Waals surface area contributed by atoms with Crippen LogP contribution >= 0.6 is 0 Å². The summed E-state index contributed by atoms with van der Waals surface area (Å²) >= 11 is 0. The maximum atomic E-state index is 11.6. The summed E-state index contributed by atoms with van der Waals surface area (Å²) in [7, 11) is -1.43. The second kappa shape index (κ2) is 4.59. The first-order valence-corrected chi connectivity index (χ1v) is 6.81. The van der Waals surface area contributed by atoms with E-state index in [1.165, 1.54) is 4.31 Å². The summed E-state index contributed by atoms with van der Waals surface area (Å²) in [5.74, 6) is 0.159. The van der Waals surface area contributed by atoms with Crippen molar-refractivity contribution in [2.45, 2.75) is 44.7 Å². The van der Waals surface area contributed by atoms with Crippen LogP contribution in [-0.2, 0) is 10.0 Å². The molecule has 1 fully saturated rings. The lowest BCUT2D eigenvalue weighted by molar-refractivity contribution is 0.252. The maximum Gasteiger partial charge on any atom is 0.213 e. The molecule has 4 nitrogen and oxygen atoms in total. The van der Waals surface area contributed by atoms with Crippen LogP contribution in [0.3, 0.4) is 0 Å². The smallest absolute Gasteiger partial charge is 0.213 e. The van der Waals surface area contributed by atoms with E-state index in [-0.39, 0.29) is 17.8 Å². The average Bonchev–Trinajstić information content (AvgIpc) is 2.17. The summed E-state index contributed by atoms with van der Waals surface area (Å²) in [6.07, 6.45) is 4.05. The third kappa shape index (κ3) is 2.46. The number of rotatable bonds is 3. The Labute approximate surface area is 86.5 Å². The van der Waals surface area contributed by atoms with Gasteiger partial charge in [0.2, 0.25) is 10.0 Å². The Bertz CT molecular complexity index is 277. The molecular formula is C9H20N2O2S. The van der Waals surface area contributed by atoms with Crippen molar-refractivity contribution < 1.29 is 8.42 Å². The highest BCUT2D eigenvalue weighted by Crippen LogP contribution is 2.22. The van der Waals surface area contributed by atoms with Crippen LogP contribution in [0.15, 0.2) is 0 Å². The molecule has 0 aromatic carbocycles. The number of sulfonamides is 1. The number of hydrogen-bond donors (Lipinski definition) is 1. The van der Waals surface area contributed by atoms with Crippen molar-refractivity contribution >= 4 is 10.0 Å². The van der Waals surface area contributed by atoms with E-state index < -0.39 is 10.0 Å². The third-order valence-corrected chi connectivity index (χ3v) is 4.93. The van der Waals surface area contributed by atoms with Crippen molar-refractivity contribution in [3.63, 3.8) is 0 Å². The molecule has 2 N–H and O–H groups in total. The second-order valence-corrected chi connectivity index (χ2v) is 6.25. The van der Waals surface area contributed by atoms with Gasteiger partial charge in [0, 0.05) is 19.1 Å². The summed E-state index contributed by atoms with van der Waals surface area (Å²) in [5.41, 5.74) is 5.93. The molecular weight excluding hydrogens is 200 g/mol. The molecule has 84 valence electrons. The van der Waals surface area contributed by atoms with E-state index in [0.29, 0.717) is 0 Å². The molecule has 0 aromatic rings. The normalized spacial score (nSPS) is 29.4. The minimum Gasteiger partial charge on any atom is -0.326 e. The van der Waals surface area contributed by atoms with Gasteiger partial charge >= 0.3 is 0 Å². The van der Waals surface area contributed by atoms with Gasteiger partial charge < -0.3 is 5.73 Å². The quantitative estimate of drug-likeness (QED) is 0.755. The Kier molecular flexibility index (Phi) is 3.92. The fraction of sp³-hybridized carbons (Fsp3) is 1.00. The van der Waals surface area contributed by atoms with Crippen molar-refractivity contribution in [3.8, 4) is 0 Å². The SMILES string of the molecule is CCS(=O)(=O)N(C)C1CCCCC1N. The summed E-state index contributed by atoms with van der Waals surface area (Å²) in [5, 5.41) is 0. The van der Waals surface area contributed by atoms with Gasteiger partial charge in [-0.2, -0.15) is 0 Å². The van der Waals surface area contributed by atoms with Gasteiger partial charge in [-0.3, -0.25) is 0 Å². The number of likely N-dealkylation sites (N-methyl/N-ethyl adjacent to an activating group) is 1. The molecule has 5 heteroatoms. The molecule has 0 amide bonds. The van der Waals surface area contributed by atoms with Crippen LogP contribution in [0.1, 0.15) is 32.6 Å². The number of hydrogen-bond acceptors (Lipinski definition) is 3. The van der Waals surface area contributed by atoms with Gasteiger partial charge in [0.15, 0.2) is 0 Å². The predicted octanol–water partition coefficient (Wildman–Crippen LogP) is 0.538. The zero-order valence-corrected chi connectivity index (χ0v) is 9.76. The first-order chi connectivity index (χ1) is 6.49. The van der Waals surface area contributed by atoms with E-state index in [1.807, 2.05) is 0 Å². The topological polar surface area (TPSA) is 63.4 Å². The van der Waals surface area contributed by atoms with Gasteiger partial charge in [-0.25, -0.2) is 12.7 Å². The van der Waals surface area contributed by atoms with E-state index in [9.17, 15) is 8.42 Å². The highest BCUT2D eigenvalue weighted by Gasteiger charge is 2.31. The molecule has 0 aromatic heterocycles. The molecule has 1 aliphatic rings. The molecule has 14 heavy (non-hydrogen) atoms. The first kappa shape index (κ1) is 11.9. The van der Waals surface area contributed by atoms with E-state index in [2.05, 4.69) is 0 Å². The fourth-order valence-corrected chi connectivity index (χ4v) is 3.08. The van der Waals surface area contributed by atoms with Crippen molar-refractivity contribution in [2.24, 2.45) is 5.73 Å². The van der Waals surface area contributed by atoms with E-state index in [4.69, 9.17) is 5.73 Å². The van der Waals surface area contributed by atoms with Crippen molar-refractivity contribution in [3.05, 3.63) is 0 Å². The van der Waals surface area contributed by atoms with Crippen LogP contribution in [0, 0.1) is 0 Å². The minimum absolute atomic E-state index is 0.00806. The lowest BCUT2D eigenvalue weighted by Gasteiger charge is -2.34. The standard InChI is InChI=1S/C9H20N2O2S/c1-3-14(12,13)11(2)9-7-5-4-6-8(9)10/h8-9H,3-7,10H2,1-2H3. The first-order valence-electron chi connectivity index (χ1n) is 5.20. The summed E-state index contributed by atoms with van der Waals surface area (Å²) in [6.45, 7) is 1.67. The van der Waals surface area contributed by atoms with Gasteiger partial charge in [-0.15, -0.1) is 0 Å². The van der Waals surface area contributed by atoms with Crippen LogP contribution in [0.25, 0.3) is 0 Å². The monoisotopic (exact) mass is 220 g/mol. The largest absolute Gasteiger partial charge is 0.326 e. The van der Waals surface area contributed by atoms with Crippen LogP contribution in [0.4, 0.5) is 0 Å². The minimum atomic E-state index is -3.08. The molecule has 0 spiro atoms. The zero-order chi connectivity index (χ0) is 10.8. The molecule has 0 radical (unpaired) electrons. The second-order valence-electron chi connectivity index (χ2n) is 3.93. The molecule has 1 aliphatic carbocycles. The van der Waals surface area contributed by atoms with Crippen LogP contribution < -0.4 is 5.73 Å². The van der Waals surface area contributed by atoms with Gasteiger partial charge in [-0.05, 0) is 19.8 Å². The molecule has 2 atom stereocenters. The summed E-state index contributed by atoms with van der Waals surface area (Å²) in [4.78, 5) is 0. The van der Waals surface area contributed by atoms with Crippen LogP contribution in [0.2, 0.25) is 0 Å². The molecule has 0 aliphatic heterocycles. The lowest BCUT2D eigenvalue weighted by atomic mass is 9.91. The zero-order valence-electron chi connectivity index (χ0n) is 8.94. The third-order valence-electron chi connectivity index (χ3n) is 3.05.